The molecule has 0 aromatic carbocycles. The summed E-state index contributed by atoms with van der Waals surface area (Å²) in [5.74, 6) is -1.63. The van der Waals surface area contributed by atoms with Gasteiger partial charge in [-0.2, -0.15) is 23.4 Å². The Morgan fingerprint density at radius 2 is 1.97 bits per heavy atom. The van der Waals surface area contributed by atoms with Crippen LogP contribution in [0.1, 0.15) is 38.5 Å². The van der Waals surface area contributed by atoms with Crippen molar-refractivity contribution in [3.05, 3.63) is 58.7 Å². The smallest absolute Gasteiger partial charge is 0.365 e. The van der Waals surface area contributed by atoms with E-state index in [9.17, 15) is 22.8 Å². The Bertz CT molecular complexity index is 1630. The second kappa shape index (κ2) is 8.41. The van der Waals surface area contributed by atoms with Crippen molar-refractivity contribution in [1.29, 1.82) is 0 Å². The molecule has 36 heavy (non-hydrogen) atoms. The molecule has 0 saturated carbocycles. The first-order valence-corrected chi connectivity index (χ1v) is 11.4. The van der Waals surface area contributed by atoms with Crippen molar-refractivity contribution in [3.8, 4) is 11.1 Å². The van der Waals surface area contributed by atoms with Gasteiger partial charge in [-0.3, -0.25) is 14.3 Å². The molecule has 2 amide bonds. The van der Waals surface area contributed by atoms with Crippen molar-refractivity contribution in [2.24, 2.45) is 5.73 Å². The van der Waals surface area contributed by atoms with E-state index in [1.165, 1.54) is 16.8 Å². The summed E-state index contributed by atoms with van der Waals surface area (Å²) in [7, 11) is 0. The van der Waals surface area contributed by atoms with E-state index < -0.39 is 23.7 Å². The predicted molar refractivity (Wildman–Crippen MR) is 126 cm³/mol. The molecule has 5 rings (SSSR count). The zero-order valence-electron chi connectivity index (χ0n) is 18.8. The summed E-state index contributed by atoms with van der Waals surface area (Å²) in [6.07, 6.45) is -0.0132. The second-order valence-corrected chi connectivity index (χ2v) is 8.79. The van der Waals surface area contributed by atoms with E-state index in [2.05, 4.69) is 25.5 Å². The fraction of sp³-hybridized carbons (Fsp3) is 0.182. The van der Waals surface area contributed by atoms with Gasteiger partial charge in [-0.15, -0.1) is 11.3 Å². The van der Waals surface area contributed by atoms with E-state index in [0.29, 0.717) is 34.8 Å². The first-order valence-electron chi connectivity index (χ1n) is 10.6. The van der Waals surface area contributed by atoms with Crippen LogP contribution in [-0.2, 0) is 12.7 Å². The number of hydrogen-bond donors (Lipinski definition) is 2. The number of pyridine rings is 1. The number of primary amides is 1. The minimum absolute atomic E-state index is 0.0140. The highest BCUT2D eigenvalue weighted by Gasteiger charge is 2.35. The van der Waals surface area contributed by atoms with Gasteiger partial charge in [0.2, 0.25) is 0 Å². The van der Waals surface area contributed by atoms with Gasteiger partial charge in [0.25, 0.3) is 11.8 Å². The summed E-state index contributed by atoms with van der Waals surface area (Å²) in [6, 6.07) is 3.95. The molecule has 184 valence electrons. The van der Waals surface area contributed by atoms with E-state index in [4.69, 9.17) is 5.73 Å². The van der Waals surface area contributed by atoms with Crippen LogP contribution < -0.4 is 11.1 Å². The van der Waals surface area contributed by atoms with Crippen LogP contribution in [0.5, 0.6) is 0 Å². The lowest BCUT2D eigenvalue weighted by molar-refractivity contribution is -0.140. The van der Waals surface area contributed by atoms with Gasteiger partial charge in [0.15, 0.2) is 11.3 Å². The molecular formula is C22H17F3N8O2S. The minimum atomic E-state index is -4.75. The number of rotatable bonds is 5. The van der Waals surface area contributed by atoms with Crippen molar-refractivity contribution in [1.82, 2.24) is 29.4 Å². The Labute approximate surface area is 204 Å². The Hall–Kier alpha value is -4.33. The van der Waals surface area contributed by atoms with Gasteiger partial charge in [-0.05, 0) is 31.5 Å². The summed E-state index contributed by atoms with van der Waals surface area (Å²) in [5.41, 5.74) is 5.73. The fourth-order valence-corrected chi connectivity index (χ4v) is 4.82. The molecule has 14 heteroatoms. The maximum Gasteiger partial charge on any atom is 0.433 e. The van der Waals surface area contributed by atoms with Gasteiger partial charge in [-0.1, -0.05) is 0 Å². The first kappa shape index (κ1) is 23.4. The number of aromatic nitrogens is 6. The lowest BCUT2D eigenvalue weighted by Gasteiger charge is -2.11. The lowest BCUT2D eigenvalue weighted by atomic mass is 10.0. The van der Waals surface area contributed by atoms with Gasteiger partial charge in [-0.25, -0.2) is 14.5 Å². The predicted octanol–water partition coefficient (Wildman–Crippen LogP) is 3.90. The molecule has 0 aliphatic carbocycles. The number of nitrogens with one attached hydrogen (secondary N) is 1. The Morgan fingerprint density at radius 1 is 1.19 bits per heavy atom. The van der Waals surface area contributed by atoms with E-state index in [0.717, 1.165) is 6.07 Å². The molecule has 0 atom stereocenters. The zero-order chi connectivity index (χ0) is 25.8. The highest BCUT2D eigenvalue weighted by Crippen LogP contribution is 2.44. The fourth-order valence-electron chi connectivity index (χ4n) is 3.81. The number of alkyl halides is 3. The second-order valence-electron chi connectivity index (χ2n) is 7.79. The molecular weight excluding hydrogens is 497 g/mol. The summed E-state index contributed by atoms with van der Waals surface area (Å²) in [5, 5.41) is 11.3. The van der Waals surface area contributed by atoms with Gasteiger partial charge in [0.1, 0.15) is 15.4 Å². The molecule has 5 aromatic heterocycles. The van der Waals surface area contributed by atoms with E-state index in [-0.39, 0.29) is 32.0 Å². The molecule has 0 aliphatic heterocycles. The highest BCUT2D eigenvalue weighted by atomic mass is 32.1. The molecule has 0 saturated heterocycles. The number of halogens is 3. The molecule has 0 fully saturated rings. The molecule has 5 heterocycles. The van der Waals surface area contributed by atoms with Crippen LogP contribution in [0, 0.1) is 6.92 Å². The standard InChI is InChI=1S/C22H17F3N8O2S/c1-3-32-9-12(10(2)30-32)11-7-14(22(23,24)25)28-21-16(11)17(18(36-21)19(26)34)29-20(35)13-8-15-27-5-4-6-33(15)31-13/h4-9H,3H2,1-2H3,(H2,26,34)(H,29,35). The van der Waals surface area contributed by atoms with Gasteiger partial charge < -0.3 is 11.1 Å². The number of hydrogen-bond acceptors (Lipinski definition) is 7. The zero-order valence-corrected chi connectivity index (χ0v) is 19.6. The summed E-state index contributed by atoms with van der Waals surface area (Å²) >= 11 is 0.666. The molecule has 10 nitrogen and oxygen atoms in total. The van der Waals surface area contributed by atoms with Crippen molar-refractivity contribution in [2.45, 2.75) is 26.6 Å². The van der Waals surface area contributed by atoms with Crippen molar-refractivity contribution < 1.29 is 22.8 Å². The number of nitrogens with zero attached hydrogens (tertiary/aromatic N) is 6. The quantitative estimate of drug-likeness (QED) is 0.366. The number of fused-ring (bicyclic) bond motifs is 2. The monoisotopic (exact) mass is 514 g/mol. The third kappa shape index (κ3) is 3.94. The van der Waals surface area contributed by atoms with Crippen molar-refractivity contribution >= 4 is 44.7 Å². The molecule has 0 aliphatic rings. The maximum absolute atomic E-state index is 13.7. The van der Waals surface area contributed by atoms with Gasteiger partial charge >= 0.3 is 6.18 Å². The number of carbonyl (C=O) groups excluding carboxylic acids is 2. The molecule has 0 bridgehead atoms. The van der Waals surface area contributed by atoms with Crippen LogP contribution in [0.4, 0.5) is 18.9 Å². The third-order valence-electron chi connectivity index (χ3n) is 5.44. The average Bonchev–Trinajstić information content (AvgIpc) is 3.52. The van der Waals surface area contributed by atoms with Crippen molar-refractivity contribution in [2.75, 3.05) is 5.32 Å². The van der Waals surface area contributed by atoms with Crippen LogP contribution in [-0.4, -0.2) is 41.2 Å². The van der Waals surface area contributed by atoms with E-state index >= 15 is 0 Å². The number of thiophene rings is 1. The summed E-state index contributed by atoms with van der Waals surface area (Å²) < 4.78 is 44.1. The number of carbonyl (C=O) groups is 2. The number of aryl methyl sites for hydroxylation is 2. The lowest BCUT2D eigenvalue weighted by Crippen LogP contribution is -2.17. The summed E-state index contributed by atoms with van der Waals surface area (Å²) in [4.78, 5) is 33.0. The van der Waals surface area contributed by atoms with Crippen LogP contribution in [0.2, 0.25) is 0 Å². The number of anilines is 1. The van der Waals surface area contributed by atoms with Gasteiger partial charge in [0.05, 0.1) is 11.4 Å². The highest BCUT2D eigenvalue weighted by molar-refractivity contribution is 7.21. The van der Waals surface area contributed by atoms with Crippen LogP contribution in [0.15, 0.2) is 36.8 Å². The Balaban J connectivity index is 1.74. The summed E-state index contributed by atoms with van der Waals surface area (Å²) in [6.45, 7) is 3.98. The largest absolute Gasteiger partial charge is 0.433 e. The maximum atomic E-state index is 13.7. The van der Waals surface area contributed by atoms with E-state index in [1.807, 2.05) is 6.92 Å². The normalized spacial score (nSPS) is 11.9. The van der Waals surface area contributed by atoms with Crippen molar-refractivity contribution in [3.63, 3.8) is 0 Å². The minimum Gasteiger partial charge on any atom is -0.365 e. The van der Waals surface area contributed by atoms with Crippen LogP contribution in [0.3, 0.4) is 0 Å². The molecule has 0 spiro atoms. The SMILES string of the molecule is CCn1cc(-c2cc(C(F)(F)F)nc3sc(C(N)=O)c(NC(=O)c4cc5ncccn5n4)c23)c(C)n1. The van der Waals surface area contributed by atoms with Crippen LogP contribution in [0.25, 0.3) is 27.0 Å². The first-order chi connectivity index (χ1) is 17.1. The number of nitrogens with two attached hydrogens (primary N) is 1. The van der Waals surface area contributed by atoms with E-state index in [1.54, 1.807) is 30.1 Å². The molecule has 5 aromatic rings. The molecule has 0 radical (unpaired) electrons. The topological polar surface area (TPSA) is 133 Å². The molecule has 3 N–H and O–H groups in total. The van der Waals surface area contributed by atoms with Gasteiger partial charge in [0, 0.05) is 42.2 Å². The van der Waals surface area contributed by atoms with Crippen LogP contribution >= 0.6 is 11.3 Å². The average molecular weight is 514 g/mol. The Morgan fingerprint density at radius 3 is 2.61 bits per heavy atom. The molecule has 0 unspecified atom stereocenters. The third-order valence-corrected chi connectivity index (χ3v) is 6.54. The number of amides is 2. The Kier molecular flexibility index (Phi) is 5.47.